The topological polar surface area (TPSA) is 36.0 Å². The Morgan fingerprint density at radius 3 is 2.11 bits per heavy atom. The summed E-state index contributed by atoms with van der Waals surface area (Å²) in [7, 11) is 0. The second kappa shape index (κ2) is 6.20. The van der Waals surface area contributed by atoms with Gasteiger partial charge in [0.25, 0.3) is 0 Å². The number of carbonyl (C=O) groups excluding carboxylic acids is 1. The van der Waals surface area contributed by atoms with Crippen LogP contribution in [0.2, 0.25) is 0 Å². The van der Waals surface area contributed by atoms with Crippen LogP contribution in [0.25, 0.3) is 0 Å². The molecule has 5 heteroatoms. The Kier molecular flexibility index (Phi) is 4.81. The Morgan fingerprint density at radius 2 is 1.58 bits per heavy atom. The Bertz CT molecular complexity index is 300. The number of morpholine rings is 1. The third-order valence-corrected chi connectivity index (χ3v) is 4.04. The number of ether oxygens (including phenoxy) is 1. The molecule has 1 amide bonds. The van der Waals surface area contributed by atoms with Crippen LogP contribution in [-0.2, 0) is 9.53 Å². The molecule has 19 heavy (non-hydrogen) atoms. The molecule has 2 aliphatic heterocycles. The minimum absolute atomic E-state index is 0.208. The summed E-state index contributed by atoms with van der Waals surface area (Å²) >= 11 is 0. The molecule has 0 unspecified atom stereocenters. The van der Waals surface area contributed by atoms with Gasteiger partial charge in [-0.3, -0.25) is 14.6 Å². The summed E-state index contributed by atoms with van der Waals surface area (Å²) in [6.45, 7) is 14.2. The molecule has 2 saturated heterocycles. The molecule has 0 radical (unpaired) electrons. The van der Waals surface area contributed by atoms with Gasteiger partial charge < -0.3 is 9.64 Å². The summed E-state index contributed by atoms with van der Waals surface area (Å²) < 4.78 is 5.31. The molecular weight excluding hydrogens is 242 g/mol. The van der Waals surface area contributed by atoms with Gasteiger partial charge in [-0.1, -0.05) is 0 Å². The van der Waals surface area contributed by atoms with Crippen molar-refractivity contribution < 1.29 is 9.53 Å². The van der Waals surface area contributed by atoms with Crippen molar-refractivity contribution in [2.75, 3.05) is 59.0 Å². The maximum atomic E-state index is 12.2. The number of rotatable bonds is 2. The first-order valence-corrected chi connectivity index (χ1v) is 7.30. The van der Waals surface area contributed by atoms with E-state index in [1.165, 1.54) is 0 Å². The fourth-order valence-electron chi connectivity index (χ4n) is 2.68. The number of hydrogen-bond donors (Lipinski definition) is 0. The highest BCUT2D eigenvalue weighted by Crippen LogP contribution is 2.15. The number of hydrogen-bond acceptors (Lipinski definition) is 4. The molecule has 110 valence electrons. The molecule has 0 spiro atoms. The lowest BCUT2D eigenvalue weighted by Crippen LogP contribution is -2.56. The lowest BCUT2D eigenvalue weighted by Gasteiger charge is -2.42. The van der Waals surface area contributed by atoms with E-state index in [-0.39, 0.29) is 11.4 Å². The number of piperazine rings is 1. The first kappa shape index (κ1) is 14.8. The number of amides is 1. The minimum Gasteiger partial charge on any atom is -0.379 e. The van der Waals surface area contributed by atoms with Gasteiger partial charge in [-0.25, -0.2) is 0 Å². The van der Waals surface area contributed by atoms with E-state index in [1.807, 2.05) is 4.90 Å². The van der Waals surface area contributed by atoms with Crippen molar-refractivity contribution in [1.82, 2.24) is 14.7 Å². The number of carbonyl (C=O) groups is 1. The molecular formula is C14H27N3O2. The summed E-state index contributed by atoms with van der Waals surface area (Å²) in [6, 6.07) is 0. The van der Waals surface area contributed by atoms with Crippen LogP contribution in [0.4, 0.5) is 0 Å². The van der Waals surface area contributed by atoms with Gasteiger partial charge in [0, 0.05) is 44.8 Å². The maximum absolute atomic E-state index is 12.2. The molecule has 0 aromatic carbocycles. The molecule has 2 rings (SSSR count). The molecule has 0 atom stereocenters. The van der Waals surface area contributed by atoms with Crippen molar-refractivity contribution in [3.8, 4) is 0 Å². The molecule has 0 aromatic rings. The van der Waals surface area contributed by atoms with Gasteiger partial charge in [0.05, 0.1) is 19.8 Å². The van der Waals surface area contributed by atoms with E-state index in [4.69, 9.17) is 4.74 Å². The van der Waals surface area contributed by atoms with E-state index in [0.717, 1.165) is 52.5 Å². The Balaban J connectivity index is 1.76. The quantitative estimate of drug-likeness (QED) is 0.720. The summed E-state index contributed by atoms with van der Waals surface area (Å²) in [5.74, 6) is 0.274. The van der Waals surface area contributed by atoms with Gasteiger partial charge in [-0.2, -0.15) is 0 Å². The average Bonchev–Trinajstić information content (AvgIpc) is 2.39. The summed E-state index contributed by atoms with van der Waals surface area (Å²) in [5, 5.41) is 0. The first-order valence-electron chi connectivity index (χ1n) is 7.30. The zero-order valence-corrected chi connectivity index (χ0v) is 12.5. The molecule has 2 aliphatic rings. The fourth-order valence-corrected chi connectivity index (χ4v) is 2.68. The highest BCUT2D eigenvalue weighted by Gasteiger charge is 2.28. The Labute approximate surface area is 116 Å². The summed E-state index contributed by atoms with van der Waals surface area (Å²) in [6.07, 6.45) is 0. The third-order valence-electron chi connectivity index (χ3n) is 4.04. The van der Waals surface area contributed by atoms with Crippen LogP contribution < -0.4 is 0 Å². The minimum atomic E-state index is 0.208. The van der Waals surface area contributed by atoms with E-state index in [2.05, 4.69) is 30.6 Å². The van der Waals surface area contributed by atoms with Crippen LogP contribution in [0, 0.1) is 0 Å². The maximum Gasteiger partial charge on any atom is 0.236 e. The standard InChI is InChI=1S/C14H27N3O2/c1-14(2,3)17-6-4-16(5-7-17)13(18)12-15-8-10-19-11-9-15/h4-12H2,1-3H3. The summed E-state index contributed by atoms with van der Waals surface area (Å²) in [4.78, 5) is 18.9. The predicted molar refractivity (Wildman–Crippen MR) is 75.2 cm³/mol. The van der Waals surface area contributed by atoms with Gasteiger partial charge >= 0.3 is 0 Å². The van der Waals surface area contributed by atoms with Gasteiger partial charge in [0.1, 0.15) is 0 Å². The molecule has 0 bridgehead atoms. The SMILES string of the molecule is CC(C)(C)N1CCN(C(=O)CN2CCOCC2)CC1. The predicted octanol–water partition coefficient (Wildman–Crippen LogP) is 0.261. The van der Waals surface area contributed by atoms with Crippen molar-refractivity contribution in [2.45, 2.75) is 26.3 Å². The van der Waals surface area contributed by atoms with Crippen molar-refractivity contribution >= 4 is 5.91 Å². The molecule has 0 saturated carbocycles. The van der Waals surface area contributed by atoms with E-state index >= 15 is 0 Å². The molecule has 5 nitrogen and oxygen atoms in total. The van der Waals surface area contributed by atoms with E-state index in [0.29, 0.717) is 6.54 Å². The normalized spacial score (nSPS) is 23.6. The van der Waals surface area contributed by atoms with Crippen LogP contribution in [0.1, 0.15) is 20.8 Å². The highest BCUT2D eigenvalue weighted by molar-refractivity contribution is 5.78. The number of nitrogens with zero attached hydrogens (tertiary/aromatic N) is 3. The van der Waals surface area contributed by atoms with E-state index in [9.17, 15) is 4.79 Å². The van der Waals surface area contributed by atoms with Crippen molar-refractivity contribution in [3.05, 3.63) is 0 Å². The van der Waals surface area contributed by atoms with Crippen molar-refractivity contribution in [1.29, 1.82) is 0 Å². The molecule has 2 heterocycles. The van der Waals surface area contributed by atoms with Crippen LogP contribution in [0.5, 0.6) is 0 Å². The summed E-state index contributed by atoms with van der Waals surface area (Å²) in [5.41, 5.74) is 0.208. The van der Waals surface area contributed by atoms with Crippen LogP contribution in [0.3, 0.4) is 0 Å². The second-order valence-corrected chi connectivity index (χ2v) is 6.43. The Morgan fingerprint density at radius 1 is 1.00 bits per heavy atom. The zero-order chi connectivity index (χ0) is 13.9. The van der Waals surface area contributed by atoms with Crippen molar-refractivity contribution in [2.24, 2.45) is 0 Å². The van der Waals surface area contributed by atoms with Gasteiger partial charge in [-0.15, -0.1) is 0 Å². The zero-order valence-electron chi connectivity index (χ0n) is 12.5. The van der Waals surface area contributed by atoms with Gasteiger partial charge in [0.15, 0.2) is 0 Å². The average molecular weight is 269 g/mol. The van der Waals surface area contributed by atoms with Crippen LogP contribution in [-0.4, -0.2) is 85.2 Å². The molecule has 0 N–H and O–H groups in total. The largest absolute Gasteiger partial charge is 0.379 e. The van der Waals surface area contributed by atoms with E-state index < -0.39 is 0 Å². The Hall–Kier alpha value is -0.650. The van der Waals surface area contributed by atoms with Gasteiger partial charge in [-0.05, 0) is 20.8 Å². The molecule has 2 fully saturated rings. The van der Waals surface area contributed by atoms with Crippen LogP contribution >= 0.6 is 0 Å². The lowest BCUT2D eigenvalue weighted by molar-refractivity contribution is -0.135. The van der Waals surface area contributed by atoms with E-state index in [1.54, 1.807) is 0 Å². The third kappa shape index (κ3) is 4.16. The molecule has 0 aliphatic carbocycles. The molecule has 0 aromatic heterocycles. The second-order valence-electron chi connectivity index (χ2n) is 6.43. The van der Waals surface area contributed by atoms with Crippen LogP contribution in [0.15, 0.2) is 0 Å². The highest BCUT2D eigenvalue weighted by atomic mass is 16.5. The lowest BCUT2D eigenvalue weighted by atomic mass is 10.0. The van der Waals surface area contributed by atoms with Gasteiger partial charge in [0.2, 0.25) is 5.91 Å². The smallest absolute Gasteiger partial charge is 0.236 e. The van der Waals surface area contributed by atoms with Crippen molar-refractivity contribution in [3.63, 3.8) is 0 Å². The monoisotopic (exact) mass is 269 g/mol. The first-order chi connectivity index (χ1) is 8.97. The fraction of sp³-hybridized carbons (Fsp3) is 0.929.